The molecule has 13 heavy (non-hydrogen) atoms. The average molecular weight is 184 g/mol. The minimum atomic E-state index is 0.205. The molecule has 1 rings (SSSR count). The van der Waals surface area contributed by atoms with Crippen molar-refractivity contribution in [1.29, 1.82) is 0 Å². The lowest BCUT2D eigenvalue weighted by atomic mass is 10.0. The van der Waals surface area contributed by atoms with Crippen LogP contribution in [0.3, 0.4) is 0 Å². The SMILES string of the molecule is CCC(C)C(=O)CN1CCC(N)C1. The number of carbonyl (C=O) groups is 1. The number of carbonyl (C=O) groups excluding carboxylic acids is 1. The second kappa shape index (κ2) is 4.72. The monoisotopic (exact) mass is 184 g/mol. The molecule has 2 unspecified atom stereocenters. The van der Waals surface area contributed by atoms with E-state index < -0.39 is 0 Å². The molecule has 3 nitrogen and oxygen atoms in total. The molecule has 1 saturated heterocycles. The molecular formula is C10H20N2O. The van der Waals surface area contributed by atoms with E-state index in [1.54, 1.807) is 0 Å². The highest BCUT2D eigenvalue weighted by atomic mass is 16.1. The van der Waals surface area contributed by atoms with Crippen LogP contribution in [0.2, 0.25) is 0 Å². The van der Waals surface area contributed by atoms with Crippen LogP contribution >= 0.6 is 0 Å². The molecule has 0 aromatic carbocycles. The highest BCUT2D eigenvalue weighted by molar-refractivity contribution is 5.82. The van der Waals surface area contributed by atoms with Gasteiger partial charge in [0, 0.05) is 25.0 Å². The molecule has 0 aliphatic carbocycles. The van der Waals surface area contributed by atoms with E-state index in [1.165, 1.54) is 0 Å². The Morgan fingerprint density at radius 2 is 2.38 bits per heavy atom. The second-order valence-corrected chi connectivity index (χ2v) is 4.06. The van der Waals surface area contributed by atoms with E-state index in [0.29, 0.717) is 12.3 Å². The summed E-state index contributed by atoms with van der Waals surface area (Å²) < 4.78 is 0. The van der Waals surface area contributed by atoms with Crippen molar-refractivity contribution in [3.63, 3.8) is 0 Å². The standard InChI is InChI=1S/C10H20N2O/c1-3-8(2)10(13)7-12-5-4-9(11)6-12/h8-9H,3-7,11H2,1-2H3. The second-order valence-electron chi connectivity index (χ2n) is 4.06. The molecule has 2 atom stereocenters. The van der Waals surface area contributed by atoms with Crippen LogP contribution in [-0.2, 0) is 4.79 Å². The summed E-state index contributed by atoms with van der Waals surface area (Å²) >= 11 is 0. The van der Waals surface area contributed by atoms with Gasteiger partial charge in [-0.25, -0.2) is 0 Å². The van der Waals surface area contributed by atoms with E-state index in [0.717, 1.165) is 25.9 Å². The zero-order chi connectivity index (χ0) is 9.84. The van der Waals surface area contributed by atoms with Crippen molar-refractivity contribution in [2.24, 2.45) is 11.7 Å². The Labute approximate surface area is 80.3 Å². The molecule has 0 radical (unpaired) electrons. The molecule has 1 aliphatic heterocycles. The fraction of sp³-hybridized carbons (Fsp3) is 0.900. The normalized spacial score (nSPS) is 26.2. The highest BCUT2D eigenvalue weighted by Gasteiger charge is 2.22. The van der Waals surface area contributed by atoms with Gasteiger partial charge in [0.25, 0.3) is 0 Å². The van der Waals surface area contributed by atoms with Crippen LogP contribution < -0.4 is 5.73 Å². The Bertz CT molecular complexity index is 182. The topological polar surface area (TPSA) is 46.3 Å². The minimum Gasteiger partial charge on any atom is -0.326 e. The van der Waals surface area contributed by atoms with E-state index in [1.807, 2.05) is 6.92 Å². The Morgan fingerprint density at radius 1 is 1.69 bits per heavy atom. The molecule has 0 aromatic heterocycles. The van der Waals surface area contributed by atoms with E-state index in [2.05, 4.69) is 11.8 Å². The first-order valence-corrected chi connectivity index (χ1v) is 5.14. The van der Waals surface area contributed by atoms with Gasteiger partial charge in [-0.15, -0.1) is 0 Å². The number of nitrogens with zero attached hydrogens (tertiary/aromatic N) is 1. The van der Waals surface area contributed by atoms with E-state index in [9.17, 15) is 4.79 Å². The summed E-state index contributed by atoms with van der Waals surface area (Å²) in [6.07, 6.45) is 1.98. The van der Waals surface area contributed by atoms with Crippen molar-refractivity contribution in [2.75, 3.05) is 19.6 Å². The number of ketones is 1. The third-order valence-electron chi connectivity index (χ3n) is 2.85. The number of likely N-dealkylation sites (tertiary alicyclic amines) is 1. The van der Waals surface area contributed by atoms with Crippen molar-refractivity contribution in [1.82, 2.24) is 4.90 Å². The number of nitrogens with two attached hydrogens (primary N) is 1. The Kier molecular flexibility index (Phi) is 3.88. The smallest absolute Gasteiger partial charge is 0.149 e. The van der Waals surface area contributed by atoms with Gasteiger partial charge in [-0.3, -0.25) is 9.69 Å². The van der Waals surface area contributed by atoms with Crippen LogP contribution in [0.15, 0.2) is 0 Å². The van der Waals surface area contributed by atoms with E-state index >= 15 is 0 Å². The molecule has 0 aromatic rings. The first-order valence-electron chi connectivity index (χ1n) is 5.14. The predicted octanol–water partition coefficient (Wildman–Crippen LogP) is 0.635. The quantitative estimate of drug-likeness (QED) is 0.697. The van der Waals surface area contributed by atoms with Crippen molar-refractivity contribution < 1.29 is 4.79 Å². The zero-order valence-corrected chi connectivity index (χ0v) is 8.62. The summed E-state index contributed by atoms with van der Waals surface area (Å²) in [6.45, 7) is 6.53. The summed E-state index contributed by atoms with van der Waals surface area (Å²) in [5.74, 6) is 0.563. The van der Waals surface area contributed by atoms with Crippen LogP contribution in [0, 0.1) is 5.92 Å². The maximum atomic E-state index is 11.6. The predicted molar refractivity (Wildman–Crippen MR) is 53.5 cm³/mol. The van der Waals surface area contributed by atoms with Gasteiger partial charge in [0.1, 0.15) is 5.78 Å². The van der Waals surface area contributed by atoms with E-state index in [-0.39, 0.29) is 12.0 Å². The summed E-state index contributed by atoms with van der Waals surface area (Å²) in [4.78, 5) is 13.7. The summed E-state index contributed by atoms with van der Waals surface area (Å²) in [5, 5.41) is 0. The lowest BCUT2D eigenvalue weighted by Gasteiger charge is -2.16. The van der Waals surface area contributed by atoms with Crippen LogP contribution in [0.5, 0.6) is 0 Å². The molecule has 76 valence electrons. The molecule has 0 saturated carbocycles. The van der Waals surface area contributed by atoms with Crippen molar-refractivity contribution >= 4 is 5.78 Å². The third kappa shape index (κ3) is 3.08. The number of hydrogen-bond acceptors (Lipinski definition) is 3. The summed E-state index contributed by atoms with van der Waals surface area (Å²) in [6, 6.07) is 0.282. The van der Waals surface area contributed by atoms with Gasteiger partial charge >= 0.3 is 0 Å². The number of rotatable bonds is 4. The Hall–Kier alpha value is -0.410. The largest absolute Gasteiger partial charge is 0.326 e. The molecule has 3 heteroatoms. The molecule has 0 amide bonds. The van der Waals surface area contributed by atoms with Crippen molar-refractivity contribution in [3.05, 3.63) is 0 Å². The van der Waals surface area contributed by atoms with Gasteiger partial charge in [-0.2, -0.15) is 0 Å². The van der Waals surface area contributed by atoms with Crippen LogP contribution in [-0.4, -0.2) is 36.4 Å². The first-order chi connectivity index (χ1) is 6.13. The zero-order valence-electron chi connectivity index (χ0n) is 8.62. The Morgan fingerprint density at radius 3 is 2.85 bits per heavy atom. The lowest BCUT2D eigenvalue weighted by Crippen LogP contribution is -2.33. The van der Waals surface area contributed by atoms with Gasteiger partial charge in [0.15, 0.2) is 0 Å². The maximum Gasteiger partial charge on any atom is 0.149 e. The average Bonchev–Trinajstić information content (AvgIpc) is 2.49. The van der Waals surface area contributed by atoms with Gasteiger partial charge in [-0.1, -0.05) is 13.8 Å². The maximum absolute atomic E-state index is 11.6. The molecule has 1 aliphatic rings. The molecular weight excluding hydrogens is 164 g/mol. The van der Waals surface area contributed by atoms with Crippen LogP contribution in [0.25, 0.3) is 0 Å². The van der Waals surface area contributed by atoms with Gasteiger partial charge in [-0.05, 0) is 12.8 Å². The van der Waals surface area contributed by atoms with Crippen molar-refractivity contribution in [3.8, 4) is 0 Å². The third-order valence-corrected chi connectivity index (χ3v) is 2.85. The Balaban J connectivity index is 2.28. The molecule has 0 bridgehead atoms. The molecule has 1 heterocycles. The molecule has 2 N–H and O–H groups in total. The minimum absolute atomic E-state index is 0.205. The fourth-order valence-electron chi connectivity index (χ4n) is 1.61. The summed E-state index contributed by atoms with van der Waals surface area (Å²) in [7, 11) is 0. The van der Waals surface area contributed by atoms with Crippen LogP contribution in [0.4, 0.5) is 0 Å². The highest BCUT2D eigenvalue weighted by Crippen LogP contribution is 2.09. The summed E-state index contributed by atoms with van der Waals surface area (Å²) in [5.41, 5.74) is 5.76. The number of hydrogen-bond donors (Lipinski definition) is 1. The van der Waals surface area contributed by atoms with Gasteiger partial charge < -0.3 is 5.73 Å². The van der Waals surface area contributed by atoms with E-state index in [4.69, 9.17) is 5.73 Å². The fourth-order valence-corrected chi connectivity index (χ4v) is 1.61. The van der Waals surface area contributed by atoms with Crippen molar-refractivity contribution in [2.45, 2.75) is 32.7 Å². The van der Waals surface area contributed by atoms with Gasteiger partial charge in [0.2, 0.25) is 0 Å². The van der Waals surface area contributed by atoms with Crippen LogP contribution in [0.1, 0.15) is 26.7 Å². The lowest BCUT2D eigenvalue weighted by molar-refractivity contribution is -0.123. The van der Waals surface area contributed by atoms with Gasteiger partial charge in [0.05, 0.1) is 6.54 Å². The molecule has 0 spiro atoms. The first kappa shape index (κ1) is 10.7. The molecule has 1 fully saturated rings. The number of Topliss-reactive ketones (excluding diaryl/α,β-unsaturated/α-hetero) is 1.